The van der Waals surface area contributed by atoms with Gasteiger partial charge in [-0.3, -0.25) is 4.79 Å². The first kappa shape index (κ1) is 16.3. The van der Waals surface area contributed by atoms with Crippen LogP contribution in [-0.2, 0) is 11.2 Å². The zero-order valence-electron chi connectivity index (χ0n) is 13.0. The van der Waals surface area contributed by atoms with Crippen LogP contribution in [0.25, 0.3) is 0 Å². The lowest BCUT2D eigenvalue weighted by Gasteiger charge is -2.17. The van der Waals surface area contributed by atoms with Crippen molar-refractivity contribution in [3.8, 4) is 11.5 Å². The Morgan fingerprint density at radius 1 is 1.20 bits per heavy atom. The van der Waals surface area contributed by atoms with Crippen molar-refractivity contribution in [3.63, 3.8) is 0 Å². The molecule has 0 fully saturated rings. The minimum absolute atomic E-state index is 0.0658. The highest BCUT2D eigenvalue weighted by Gasteiger charge is 2.13. The van der Waals surface area contributed by atoms with E-state index in [1.807, 2.05) is 25.1 Å². The molecule has 0 aromatic heterocycles. The molecule has 0 spiro atoms. The first-order valence-electron chi connectivity index (χ1n) is 6.98. The second-order valence-electron chi connectivity index (χ2n) is 5.25. The number of rotatable bonds is 7. The maximum Gasteiger partial charge on any atom is 0.220 e. The molecule has 4 nitrogen and oxygen atoms in total. The average molecular weight is 279 g/mol. The van der Waals surface area contributed by atoms with E-state index in [0.717, 1.165) is 5.56 Å². The molecule has 1 rings (SSSR count). The molecule has 0 aliphatic rings. The van der Waals surface area contributed by atoms with Crippen molar-refractivity contribution in [2.45, 2.75) is 39.7 Å². The highest BCUT2D eigenvalue weighted by Crippen LogP contribution is 2.31. The number of nitrogens with one attached hydrogen (secondary N) is 1. The predicted octanol–water partition coefficient (Wildman–Crippen LogP) is 2.80. The van der Waals surface area contributed by atoms with Crippen molar-refractivity contribution in [1.29, 1.82) is 0 Å². The van der Waals surface area contributed by atoms with Crippen molar-refractivity contribution >= 4 is 5.91 Å². The first-order valence-corrected chi connectivity index (χ1v) is 6.98. The number of carbonyl (C=O) groups excluding carboxylic acids is 1. The Morgan fingerprint density at radius 2 is 1.90 bits per heavy atom. The van der Waals surface area contributed by atoms with Gasteiger partial charge in [0.25, 0.3) is 0 Å². The Bertz CT molecular complexity index is 443. The van der Waals surface area contributed by atoms with E-state index < -0.39 is 0 Å². The van der Waals surface area contributed by atoms with Crippen molar-refractivity contribution in [3.05, 3.63) is 23.8 Å². The monoisotopic (exact) mass is 279 g/mol. The van der Waals surface area contributed by atoms with Crippen LogP contribution in [0, 0.1) is 5.92 Å². The van der Waals surface area contributed by atoms with Gasteiger partial charge in [0.2, 0.25) is 5.91 Å². The van der Waals surface area contributed by atoms with Gasteiger partial charge in [-0.1, -0.05) is 26.0 Å². The minimum atomic E-state index is 0.0658. The number of ether oxygens (including phenoxy) is 2. The number of methoxy groups -OCH3 is 2. The van der Waals surface area contributed by atoms with Gasteiger partial charge in [-0.15, -0.1) is 0 Å². The Hall–Kier alpha value is -1.71. The third kappa shape index (κ3) is 4.44. The van der Waals surface area contributed by atoms with Crippen LogP contribution in [0.1, 0.15) is 32.8 Å². The molecule has 0 bridgehead atoms. The predicted molar refractivity (Wildman–Crippen MR) is 80.3 cm³/mol. The summed E-state index contributed by atoms with van der Waals surface area (Å²) in [6.07, 6.45) is 1.08. The van der Waals surface area contributed by atoms with Gasteiger partial charge >= 0.3 is 0 Å². The average Bonchev–Trinajstić information content (AvgIpc) is 2.44. The number of hydrogen-bond donors (Lipinski definition) is 1. The molecule has 4 heteroatoms. The van der Waals surface area contributed by atoms with Crippen LogP contribution in [0.4, 0.5) is 0 Å². The molecule has 0 radical (unpaired) electrons. The normalized spacial score (nSPS) is 12.1. The number of amides is 1. The molecule has 112 valence electrons. The molecular formula is C16H25NO3. The molecule has 20 heavy (non-hydrogen) atoms. The van der Waals surface area contributed by atoms with E-state index in [4.69, 9.17) is 9.47 Å². The molecule has 0 saturated carbocycles. The van der Waals surface area contributed by atoms with Gasteiger partial charge in [0, 0.05) is 12.5 Å². The molecule has 1 aromatic rings. The summed E-state index contributed by atoms with van der Waals surface area (Å²) >= 11 is 0. The SMILES string of the molecule is COc1cccc(CCC(=O)NC(C)C(C)C)c1OC. The highest BCUT2D eigenvalue weighted by atomic mass is 16.5. The van der Waals surface area contributed by atoms with Crippen molar-refractivity contribution < 1.29 is 14.3 Å². The van der Waals surface area contributed by atoms with Gasteiger partial charge in [0.1, 0.15) is 0 Å². The van der Waals surface area contributed by atoms with Gasteiger partial charge < -0.3 is 14.8 Å². The van der Waals surface area contributed by atoms with Crippen LogP contribution in [0.5, 0.6) is 11.5 Å². The van der Waals surface area contributed by atoms with E-state index in [-0.39, 0.29) is 11.9 Å². The fraction of sp³-hybridized carbons (Fsp3) is 0.562. The molecule has 1 aromatic carbocycles. The summed E-state index contributed by atoms with van der Waals surface area (Å²) in [4.78, 5) is 11.9. The van der Waals surface area contributed by atoms with E-state index >= 15 is 0 Å². The van der Waals surface area contributed by atoms with Crippen molar-refractivity contribution in [2.75, 3.05) is 14.2 Å². The van der Waals surface area contributed by atoms with E-state index in [2.05, 4.69) is 19.2 Å². The topological polar surface area (TPSA) is 47.6 Å². The van der Waals surface area contributed by atoms with E-state index in [1.165, 1.54) is 0 Å². The quantitative estimate of drug-likeness (QED) is 0.835. The number of para-hydroxylation sites is 1. The summed E-state index contributed by atoms with van der Waals surface area (Å²) < 4.78 is 10.6. The van der Waals surface area contributed by atoms with Gasteiger partial charge in [0.15, 0.2) is 11.5 Å². The molecule has 0 aliphatic carbocycles. The van der Waals surface area contributed by atoms with Crippen LogP contribution in [0.3, 0.4) is 0 Å². The summed E-state index contributed by atoms with van der Waals surface area (Å²) in [5.74, 6) is 1.90. The van der Waals surface area contributed by atoms with Crippen LogP contribution in [0.2, 0.25) is 0 Å². The van der Waals surface area contributed by atoms with Crippen LogP contribution in [-0.4, -0.2) is 26.2 Å². The summed E-state index contributed by atoms with van der Waals surface area (Å²) in [5, 5.41) is 3.00. The molecule has 1 unspecified atom stereocenters. The van der Waals surface area contributed by atoms with Crippen LogP contribution < -0.4 is 14.8 Å². The van der Waals surface area contributed by atoms with Crippen LogP contribution in [0.15, 0.2) is 18.2 Å². The first-order chi connectivity index (χ1) is 9.49. The zero-order chi connectivity index (χ0) is 15.1. The third-order valence-electron chi connectivity index (χ3n) is 3.49. The lowest BCUT2D eigenvalue weighted by molar-refractivity contribution is -0.121. The maximum absolute atomic E-state index is 11.9. The molecule has 1 amide bonds. The zero-order valence-corrected chi connectivity index (χ0v) is 13.0. The van der Waals surface area contributed by atoms with Gasteiger partial charge in [0.05, 0.1) is 14.2 Å². The highest BCUT2D eigenvalue weighted by molar-refractivity contribution is 5.76. The molecule has 0 aliphatic heterocycles. The molecule has 1 N–H and O–H groups in total. The Kier molecular flexibility index (Phi) is 6.36. The van der Waals surface area contributed by atoms with Gasteiger partial charge in [-0.25, -0.2) is 0 Å². The number of benzene rings is 1. The summed E-state index contributed by atoms with van der Waals surface area (Å²) in [6, 6.07) is 5.91. The maximum atomic E-state index is 11.9. The minimum Gasteiger partial charge on any atom is -0.493 e. The standard InChI is InChI=1S/C16H25NO3/c1-11(2)12(3)17-15(18)10-9-13-7-6-8-14(19-4)16(13)20-5/h6-8,11-12H,9-10H2,1-5H3,(H,17,18). The van der Waals surface area contributed by atoms with Gasteiger partial charge in [-0.05, 0) is 30.9 Å². The largest absolute Gasteiger partial charge is 0.493 e. The molecule has 0 saturated heterocycles. The Balaban J connectivity index is 2.64. The van der Waals surface area contributed by atoms with Crippen molar-refractivity contribution in [2.24, 2.45) is 5.92 Å². The molecule has 1 atom stereocenters. The molecular weight excluding hydrogens is 254 g/mol. The third-order valence-corrected chi connectivity index (χ3v) is 3.49. The summed E-state index contributed by atoms with van der Waals surface area (Å²) in [5.41, 5.74) is 0.985. The second-order valence-corrected chi connectivity index (χ2v) is 5.25. The van der Waals surface area contributed by atoms with E-state index in [0.29, 0.717) is 30.3 Å². The summed E-state index contributed by atoms with van der Waals surface area (Å²) in [6.45, 7) is 6.21. The number of aryl methyl sites for hydroxylation is 1. The number of carbonyl (C=O) groups is 1. The van der Waals surface area contributed by atoms with Gasteiger partial charge in [-0.2, -0.15) is 0 Å². The fourth-order valence-corrected chi connectivity index (χ4v) is 1.89. The lowest BCUT2D eigenvalue weighted by atomic mass is 10.0. The van der Waals surface area contributed by atoms with Crippen LogP contribution >= 0.6 is 0 Å². The lowest BCUT2D eigenvalue weighted by Crippen LogP contribution is -2.36. The number of hydrogen-bond acceptors (Lipinski definition) is 3. The van der Waals surface area contributed by atoms with E-state index in [9.17, 15) is 4.79 Å². The second kappa shape index (κ2) is 7.78. The smallest absolute Gasteiger partial charge is 0.220 e. The van der Waals surface area contributed by atoms with Crippen molar-refractivity contribution in [1.82, 2.24) is 5.32 Å². The fourth-order valence-electron chi connectivity index (χ4n) is 1.89. The Labute approximate surface area is 121 Å². The van der Waals surface area contributed by atoms with E-state index in [1.54, 1.807) is 14.2 Å². The summed E-state index contributed by atoms with van der Waals surface area (Å²) in [7, 11) is 3.22. The Morgan fingerprint density at radius 3 is 2.45 bits per heavy atom. The molecule has 0 heterocycles.